The molecule has 4 aromatic carbocycles. The summed E-state index contributed by atoms with van der Waals surface area (Å²) < 4.78 is 4.89. The highest BCUT2D eigenvalue weighted by molar-refractivity contribution is 6.24. The molecule has 0 radical (unpaired) electrons. The van der Waals surface area contributed by atoms with Gasteiger partial charge in [-0.1, -0.05) is 95.2 Å². The van der Waals surface area contributed by atoms with Crippen molar-refractivity contribution < 1.29 is 0 Å². The normalized spacial score (nSPS) is 12.2. The molecular weight excluding hydrogens is 448 g/mol. The highest BCUT2D eigenvalue weighted by atomic mass is 15.0. The minimum absolute atomic E-state index is 1.11. The van der Waals surface area contributed by atoms with Gasteiger partial charge < -0.3 is 9.13 Å². The zero-order chi connectivity index (χ0) is 25.2. The Labute approximate surface area is 220 Å². The molecular formula is C35H40N2. The van der Waals surface area contributed by atoms with Gasteiger partial charge in [0.05, 0.1) is 0 Å². The average molecular weight is 489 g/mol. The van der Waals surface area contributed by atoms with Gasteiger partial charge in [0.25, 0.3) is 0 Å². The summed E-state index contributed by atoms with van der Waals surface area (Å²) in [7, 11) is 0. The summed E-state index contributed by atoms with van der Waals surface area (Å²) in [6, 6.07) is 23.4. The Kier molecular flexibility index (Phi) is 6.91. The smallest absolute Gasteiger partial charge is 0.0486 e. The molecule has 6 aromatic rings. The lowest BCUT2D eigenvalue weighted by atomic mass is 9.94. The number of aromatic nitrogens is 2. The molecule has 0 saturated heterocycles. The van der Waals surface area contributed by atoms with Gasteiger partial charge in [0.2, 0.25) is 0 Å². The Hall–Kier alpha value is -3.26. The quantitative estimate of drug-likeness (QED) is 0.127. The first-order valence-electron chi connectivity index (χ1n) is 14.6. The van der Waals surface area contributed by atoms with E-state index in [1.54, 1.807) is 0 Å². The molecule has 0 aliphatic rings. The minimum atomic E-state index is 1.11. The summed E-state index contributed by atoms with van der Waals surface area (Å²) in [5.74, 6) is 0. The van der Waals surface area contributed by atoms with Gasteiger partial charge in [-0.15, -0.1) is 0 Å². The lowest BCUT2D eigenvalue weighted by molar-refractivity contribution is 0.565. The van der Waals surface area contributed by atoms with Gasteiger partial charge in [-0.3, -0.25) is 0 Å². The second kappa shape index (κ2) is 10.6. The lowest BCUT2D eigenvalue weighted by Gasteiger charge is -2.11. The van der Waals surface area contributed by atoms with Gasteiger partial charge in [0.1, 0.15) is 0 Å². The second-order valence-electron chi connectivity index (χ2n) is 10.9. The maximum absolute atomic E-state index is 2.46. The summed E-state index contributed by atoms with van der Waals surface area (Å²) >= 11 is 0. The first kappa shape index (κ1) is 24.1. The molecule has 0 bridgehead atoms. The van der Waals surface area contributed by atoms with Crippen LogP contribution in [0.25, 0.3) is 54.1 Å². The van der Waals surface area contributed by atoms with Gasteiger partial charge in [-0.2, -0.15) is 0 Å². The third kappa shape index (κ3) is 4.41. The Morgan fingerprint density at radius 1 is 0.378 bits per heavy atom. The molecule has 190 valence electrons. The van der Waals surface area contributed by atoms with Gasteiger partial charge in [0.15, 0.2) is 0 Å². The van der Waals surface area contributed by atoms with Crippen molar-refractivity contribution in [3.63, 3.8) is 0 Å². The highest BCUT2D eigenvalue weighted by Crippen LogP contribution is 2.37. The Balaban J connectivity index is 1.35. The van der Waals surface area contributed by atoms with E-state index in [0.29, 0.717) is 0 Å². The average Bonchev–Trinajstić information content (AvgIpc) is 3.54. The third-order valence-corrected chi connectivity index (χ3v) is 8.45. The maximum Gasteiger partial charge on any atom is 0.0486 e. The van der Waals surface area contributed by atoms with E-state index < -0.39 is 0 Å². The number of fused-ring (bicyclic) bond motifs is 9. The van der Waals surface area contributed by atoms with Crippen molar-refractivity contribution >= 4 is 54.1 Å². The molecule has 0 unspecified atom stereocenters. The van der Waals surface area contributed by atoms with Gasteiger partial charge in [-0.25, -0.2) is 0 Å². The Bertz CT molecular complexity index is 1680. The van der Waals surface area contributed by atoms with Crippen LogP contribution in [0.4, 0.5) is 0 Å². The summed E-state index contributed by atoms with van der Waals surface area (Å²) in [4.78, 5) is 0. The van der Waals surface area contributed by atoms with E-state index in [4.69, 9.17) is 0 Å². The molecule has 0 spiro atoms. The molecule has 0 N–H and O–H groups in total. The van der Waals surface area contributed by atoms with Crippen molar-refractivity contribution in [2.45, 2.75) is 84.7 Å². The highest BCUT2D eigenvalue weighted by Gasteiger charge is 2.12. The Morgan fingerprint density at radius 2 is 0.730 bits per heavy atom. The molecule has 2 heteroatoms. The van der Waals surface area contributed by atoms with Gasteiger partial charge in [-0.05, 0) is 69.4 Å². The van der Waals surface area contributed by atoms with E-state index in [9.17, 15) is 0 Å². The number of nitrogens with zero attached hydrogens (tertiary/aromatic N) is 2. The van der Waals surface area contributed by atoms with Gasteiger partial charge >= 0.3 is 0 Å². The van der Waals surface area contributed by atoms with Crippen molar-refractivity contribution in [1.82, 2.24) is 9.13 Å². The number of aryl methyl sites for hydroxylation is 2. The van der Waals surface area contributed by atoms with Gasteiger partial charge in [0, 0.05) is 47.3 Å². The molecule has 0 atom stereocenters. The van der Waals surface area contributed by atoms with E-state index >= 15 is 0 Å². The van der Waals surface area contributed by atoms with Crippen LogP contribution in [0.1, 0.15) is 71.6 Å². The molecule has 37 heavy (non-hydrogen) atoms. The predicted molar refractivity (Wildman–Crippen MR) is 163 cm³/mol. The molecule has 2 nitrogen and oxygen atoms in total. The number of hydrogen-bond acceptors (Lipinski definition) is 0. The second-order valence-corrected chi connectivity index (χ2v) is 10.9. The zero-order valence-electron chi connectivity index (χ0n) is 22.6. The van der Waals surface area contributed by atoms with E-state index in [2.05, 4.69) is 96.0 Å². The molecule has 2 aromatic heterocycles. The van der Waals surface area contributed by atoms with E-state index in [0.717, 1.165) is 13.1 Å². The fourth-order valence-corrected chi connectivity index (χ4v) is 6.39. The third-order valence-electron chi connectivity index (χ3n) is 8.45. The van der Waals surface area contributed by atoms with Crippen LogP contribution in [0.15, 0.2) is 73.1 Å². The van der Waals surface area contributed by atoms with Crippen molar-refractivity contribution in [3.05, 3.63) is 73.1 Å². The van der Waals surface area contributed by atoms with Crippen LogP contribution >= 0.6 is 0 Å². The van der Waals surface area contributed by atoms with Crippen LogP contribution < -0.4 is 0 Å². The molecule has 2 heterocycles. The van der Waals surface area contributed by atoms with Crippen LogP contribution in [0.2, 0.25) is 0 Å². The first-order valence-corrected chi connectivity index (χ1v) is 14.6. The van der Waals surface area contributed by atoms with Crippen LogP contribution in [-0.4, -0.2) is 9.13 Å². The standard InChI is InChI=1S/C35H40N2/c1-3-5-7-8-9-11-23-37-25-21-33-31-15-13-26-27(29(31)17-19-35(33)37)12-14-30-28(26)16-18-34-32(30)20-24-36(34)22-10-6-4-2/h12-21,24-25H,3-11,22-23H2,1-2H3. The summed E-state index contributed by atoms with van der Waals surface area (Å²) in [5.41, 5.74) is 2.73. The summed E-state index contributed by atoms with van der Waals surface area (Å²) in [6.07, 6.45) is 16.4. The summed E-state index contributed by atoms with van der Waals surface area (Å²) in [6.45, 7) is 6.78. The van der Waals surface area contributed by atoms with Crippen molar-refractivity contribution in [2.75, 3.05) is 0 Å². The summed E-state index contributed by atoms with van der Waals surface area (Å²) in [5, 5.41) is 10.9. The Morgan fingerprint density at radius 3 is 1.22 bits per heavy atom. The topological polar surface area (TPSA) is 9.86 Å². The molecule has 0 aliphatic carbocycles. The van der Waals surface area contributed by atoms with Crippen molar-refractivity contribution in [2.24, 2.45) is 0 Å². The molecule has 0 amide bonds. The molecule has 0 aliphatic heterocycles. The van der Waals surface area contributed by atoms with Crippen LogP contribution in [0.5, 0.6) is 0 Å². The SMILES string of the molecule is CCCCCCCCn1ccc2c3ccc4c(ccc5c4ccc4c5ccn4CCCCC)c3ccc21. The molecule has 0 saturated carbocycles. The zero-order valence-corrected chi connectivity index (χ0v) is 22.6. The largest absolute Gasteiger partial charge is 0.347 e. The van der Waals surface area contributed by atoms with E-state index in [-0.39, 0.29) is 0 Å². The maximum atomic E-state index is 2.46. The lowest BCUT2D eigenvalue weighted by Crippen LogP contribution is -1.96. The van der Waals surface area contributed by atoms with Crippen LogP contribution in [0.3, 0.4) is 0 Å². The van der Waals surface area contributed by atoms with E-state index in [1.165, 1.54) is 112 Å². The fourth-order valence-electron chi connectivity index (χ4n) is 6.39. The fraction of sp³-hybridized carbons (Fsp3) is 0.371. The molecule has 0 fully saturated rings. The van der Waals surface area contributed by atoms with Crippen LogP contribution in [0, 0.1) is 0 Å². The van der Waals surface area contributed by atoms with Crippen molar-refractivity contribution in [1.29, 1.82) is 0 Å². The number of rotatable bonds is 11. The molecule has 6 rings (SSSR count). The van der Waals surface area contributed by atoms with Crippen molar-refractivity contribution in [3.8, 4) is 0 Å². The van der Waals surface area contributed by atoms with E-state index in [1.807, 2.05) is 0 Å². The number of benzene rings is 4. The monoisotopic (exact) mass is 488 g/mol. The number of hydrogen-bond donors (Lipinski definition) is 0. The van der Waals surface area contributed by atoms with Crippen LogP contribution in [-0.2, 0) is 13.1 Å². The number of unbranched alkanes of at least 4 members (excludes halogenated alkanes) is 7. The predicted octanol–water partition coefficient (Wildman–Crippen LogP) is 10.6. The first-order chi connectivity index (χ1) is 18.3. The minimum Gasteiger partial charge on any atom is -0.347 e.